The van der Waals surface area contributed by atoms with Crippen molar-refractivity contribution in [3.05, 3.63) is 35.4 Å². The summed E-state index contributed by atoms with van der Waals surface area (Å²) in [5.41, 5.74) is -0.472. The van der Waals surface area contributed by atoms with Crippen molar-refractivity contribution < 1.29 is 18.7 Å². The zero-order chi connectivity index (χ0) is 14.6. The lowest BCUT2D eigenvalue weighted by Crippen LogP contribution is -2.41. The van der Waals surface area contributed by atoms with Crippen LogP contribution in [0.3, 0.4) is 0 Å². The maximum atomic E-state index is 13.5. The molecule has 1 aliphatic rings. The predicted octanol–water partition coefficient (Wildman–Crippen LogP) is 2.64. The molecular weight excluding hydrogens is 264 g/mol. The van der Waals surface area contributed by atoms with Gasteiger partial charge in [0, 0.05) is 18.0 Å². The summed E-state index contributed by atoms with van der Waals surface area (Å²) in [6.07, 6.45) is 4.91. The Morgan fingerprint density at radius 3 is 2.55 bits per heavy atom. The van der Waals surface area contributed by atoms with Crippen LogP contribution < -0.4 is 5.32 Å². The third-order valence-electron chi connectivity index (χ3n) is 4.05. The molecule has 1 aliphatic carbocycles. The van der Waals surface area contributed by atoms with Gasteiger partial charge in [0.15, 0.2) is 0 Å². The SMILES string of the molecule is O=C(NCC1(CO)CCCCC1)c1ccc(F)cc1F. The van der Waals surface area contributed by atoms with Gasteiger partial charge < -0.3 is 10.4 Å². The molecule has 3 nitrogen and oxygen atoms in total. The number of amides is 1. The second kappa shape index (κ2) is 6.31. The Morgan fingerprint density at radius 1 is 1.25 bits per heavy atom. The molecular formula is C15H19F2NO2. The summed E-state index contributed by atoms with van der Waals surface area (Å²) in [5.74, 6) is -2.15. The van der Waals surface area contributed by atoms with Crippen LogP contribution in [0.5, 0.6) is 0 Å². The maximum absolute atomic E-state index is 13.5. The van der Waals surface area contributed by atoms with Crippen molar-refractivity contribution in [2.75, 3.05) is 13.2 Å². The lowest BCUT2D eigenvalue weighted by molar-refractivity contribution is 0.0716. The fraction of sp³-hybridized carbons (Fsp3) is 0.533. The van der Waals surface area contributed by atoms with E-state index in [1.54, 1.807) is 0 Å². The van der Waals surface area contributed by atoms with Crippen LogP contribution in [0, 0.1) is 17.0 Å². The number of carbonyl (C=O) groups is 1. The zero-order valence-electron chi connectivity index (χ0n) is 11.3. The molecule has 0 bridgehead atoms. The van der Waals surface area contributed by atoms with E-state index in [9.17, 15) is 18.7 Å². The Morgan fingerprint density at radius 2 is 1.95 bits per heavy atom. The molecule has 110 valence electrons. The molecule has 0 heterocycles. The molecule has 1 saturated carbocycles. The summed E-state index contributed by atoms with van der Waals surface area (Å²) < 4.78 is 26.3. The molecule has 2 rings (SSSR count). The van der Waals surface area contributed by atoms with Gasteiger partial charge in [-0.05, 0) is 25.0 Å². The largest absolute Gasteiger partial charge is 0.396 e. The minimum atomic E-state index is -0.871. The third-order valence-corrected chi connectivity index (χ3v) is 4.05. The molecule has 0 aliphatic heterocycles. The molecule has 0 atom stereocenters. The van der Waals surface area contributed by atoms with Gasteiger partial charge in [0.05, 0.1) is 12.2 Å². The number of halogens is 2. The first kappa shape index (κ1) is 14.9. The summed E-state index contributed by atoms with van der Waals surface area (Å²) >= 11 is 0. The minimum Gasteiger partial charge on any atom is -0.396 e. The van der Waals surface area contributed by atoms with Crippen molar-refractivity contribution in [2.24, 2.45) is 5.41 Å². The van der Waals surface area contributed by atoms with E-state index in [-0.39, 0.29) is 17.6 Å². The van der Waals surface area contributed by atoms with Gasteiger partial charge in [-0.2, -0.15) is 0 Å². The van der Waals surface area contributed by atoms with E-state index in [2.05, 4.69) is 5.32 Å². The second-order valence-corrected chi connectivity index (χ2v) is 5.53. The standard InChI is InChI=1S/C15H19F2NO2/c16-11-4-5-12(13(17)8-11)14(20)18-9-15(10-19)6-2-1-3-7-15/h4-5,8,19H,1-3,6-7,9-10H2,(H,18,20). The second-order valence-electron chi connectivity index (χ2n) is 5.53. The number of hydrogen-bond donors (Lipinski definition) is 2. The molecule has 5 heteroatoms. The normalized spacial score (nSPS) is 17.8. The van der Waals surface area contributed by atoms with Crippen molar-refractivity contribution in [2.45, 2.75) is 32.1 Å². The maximum Gasteiger partial charge on any atom is 0.254 e. The van der Waals surface area contributed by atoms with Crippen LogP contribution >= 0.6 is 0 Å². The molecule has 1 amide bonds. The van der Waals surface area contributed by atoms with Gasteiger partial charge in [0.1, 0.15) is 11.6 Å². The zero-order valence-corrected chi connectivity index (χ0v) is 11.3. The molecule has 1 aromatic rings. The van der Waals surface area contributed by atoms with Crippen molar-refractivity contribution in [1.82, 2.24) is 5.32 Å². The van der Waals surface area contributed by atoms with Crippen LogP contribution in [-0.2, 0) is 0 Å². The van der Waals surface area contributed by atoms with Crippen LogP contribution in [0.25, 0.3) is 0 Å². The molecule has 2 N–H and O–H groups in total. The lowest BCUT2D eigenvalue weighted by Gasteiger charge is -2.35. The lowest BCUT2D eigenvalue weighted by atomic mass is 9.74. The first-order valence-corrected chi connectivity index (χ1v) is 6.90. The fourth-order valence-electron chi connectivity index (χ4n) is 2.73. The van der Waals surface area contributed by atoms with Crippen molar-refractivity contribution in [3.63, 3.8) is 0 Å². The Balaban J connectivity index is 2.00. The van der Waals surface area contributed by atoms with Gasteiger partial charge in [0.2, 0.25) is 0 Å². The predicted molar refractivity (Wildman–Crippen MR) is 71.3 cm³/mol. The number of hydrogen-bond acceptors (Lipinski definition) is 2. The number of rotatable bonds is 4. The van der Waals surface area contributed by atoms with Gasteiger partial charge in [-0.15, -0.1) is 0 Å². The van der Waals surface area contributed by atoms with Gasteiger partial charge >= 0.3 is 0 Å². The van der Waals surface area contributed by atoms with Crippen molar-refractivity contribution in [3.8, 4) is 0 Å². The first-order chi connectivity index (χ1) is 9.56. The van der Waals surface area contributed by atoms with Gasteiger partial charge in [-0.1, -0.05) is 19.3 Å². The number of benzene rings is 1. The first-order valence-electron chi connectivity index (χ1n) is 6.90. The van der Waals surface area contributed by atoms with Crippen molar-refractivity contribution in [1.29, 1.82) is 0 Å². The Bertz CT molecular complexity index is 485. The monoisotopic (exact) mass is 283 g/mol. The molecule has 0 spiro atoms. The van der Waals surface area contributed by atoms with Crippen LogP contribution in [0.15, 0.2) is 18.2 Å². The third kappa shape index (κ3) is 3.33. The summed E-state index contributed by atoms with van der Waals surface area (Å²) in [6.45, 7) is 0.332. The van der Waals surface area contributed by atoms with Gasteiger partial charge in [0.25, 0.3) is 5.91 Å². The summed E-state index contributed by atoms with van der Waals surface area (Å²) in [6, 6.07) is 2.88. The molecule has 0 unspecified atom stereocenters. The summed E-state index contributed by atoms with van der Waals surface area (Å²) in [4.78, 5) is 11.9. The molecule has 0 saturated heterocycles. The number of aliphatic hydroxyl groups is 1. The smallest absolute Gasteiger partial charge is 0.254 e. The molecule has 0 radical (unpaired) electrons. The quantitative estimate of drug-likeness (QED) is 0.892. The van der Waals surface area contributed by atoms with E-state index in [0.717, 1.165) is 44.2 Å². The Kier molecular flexibility index (Phi) is 4.70. The van der Waals surface area contributed by atoms with E-state index in [4.69, 9.17) is 0 Å². The fourth-order valence-corrected chi connectivity index (χ4v) is 2.73. The average molecular weight is 283 g/mol. The highest BCUT2D eigenvalue weighted by molar-refractivity contribution is 5.94. The molecule has 20 heavy (non-hydrogen) atoms. The van der Waals surface area contributed by atoms with Gasteiger partial charge in [-0.3, -0.25) is 4.79 Å². The molecule has 1 aromatic carbocycles. The van der Waals surface area contributed by atoms with E-state index in [0.29, 0.717) is 12.6 Å². The molecule has 1 fully saturated rings. The highest BCUT2D eigenvalue weighted by Crippen LogP contribution is 2.35. The van der Waals surface area contributed by atoms with Crippen LogP contribution in [0.1, 0.15) is 42.5 Å². The summed E-state index contributed by atoms with van der Waals surface area (Å²) in [5, 5.41) is 12.2. The van der Waals surface area contributed by atoms with Crippen LogP contribution in [0.2, 0.25) is 0 Å². The highest BCUT2D eigenvalue weighted by atomic mass is 19.1. The average Bonchev–Trinajstić information content (AvgIpc) is 2.46. The van der Waals surface area contributed by atoms with Crippen LogP contribution in [0.4, 0.5) is 8.78 Å². The number of aliphatic hydroxyl groups excluding tert-OH is 1. The highest BCUT2D eigenvalue weighted by Gasteiger charge is 2.32. The van der Waals surface area contributed by atoms with Crippen LogP contribution in [-0.4, -0.2) is 24.2 Å². The van der Waals surface area contributed by atoms with E-state index >= 15 is 0 Å². The van der Waals surface area contributed by atoms with E-state index < -0.39 is 17.5 Å². The van der Waals surface area contributed by atoms with Gasteiger partial charge in [-0.25, -0.2) is 8.78 Å². The number of nitrogens with one attached hydrogen (secondary N) is 1. The Labute approximate surface area is 117 Å². The van der Waals surface area contributed by atoms with E-state index in [1.165, 1.54) is 0 Å². The minimum absolute atomic E-state index is 0.0131. The topological polar surface area (TPSA) is 49.3 Å². The summed E-state index contributed by atoms with van der Waals surface area (Å²) in [7, 11) is 0. The van der Waals surface area contributed by atoms with E-state index in [1.807, 2.05) is 0 Å². The van der Waals surface area contributed by atoms with Crippen molar-refractivity contribution >= 4 is 5.91 Å². The Hall–Kier alpha value is -1.49. The molecule has 0 aromatic heterocycles. The number of carbonyl (C=O) groups excluding carboxylic acids is 1.